The first kappa shape index (κ1) is 18.0. The third-order valence-corrected chi connectivity index (χ3v) is 4.44. The molecule has 0 radical (unpaired) electrons. The molecule has 1 saturated heterocycles. The number of likely N-dealkylation sites (tertiary alicyclic amines) is 1. The molecule has 2 aliphatic rings. The average molecular weight is 361 g/mol. The van der Waals surface area contributed by atoms with Crippen molar-refractivity contribution in [2.45, 2.75) is 44.4 Å². The summed E-state index contributed by atoms with van der Waals surface area (Å²) in [7, 11) is 1.25. The predicted molar refractivity (Wildman–Crippen MR) is 94.8 cm³/mol. The number of hydrogen-bond donors (Lipinski definition) is 2. The SMILES string of the molecule is COC(=O)[C@@H]1C[C@]2(CN1C(=O)OC(C)(C)C)Nc1ccccc1NC2=O. The summed E-state index contributed by atoms with van der Waals surface area (Å²) in [5.41, 5.74) is -0.442. The molecule has 26 heavy (non-hydrogen) atoms. The summed E-state index contributed by atoms with van der Waals surface area (Å²) in [5.74, 6) is -0.877. The lowest BCUT2D eigenvalue weighted by Crippen LogP contribution is -2.54. The second-order valence-electron chi connectivity index (χ2n) is 7.56. The van der Waals surface area contributed by atoms with Crippen molar-refractivity contribution in [3.63, 3.8) is 0 Å². The molecule has 2 amide bonds. The van der Waals surface area contributed by atoms with Crippen LogP contribution in [0.2, 0.25) is 0 Å². The van der Waals surface area contributed by atoms with Crippen molar-refractivity contribution in [2.75, 3.05) is 24.3 Å². The molecule has 3 rings (SSSR count). The Kier molecular flexibility index (Phi) is 4.29. The molecule has 1 aromatic carbocycles. The number of carbonyl (C=O) groups excluding carboxylic acids is 3. The van der Waals surface area contributed by atoms with Gasteiger partial charge in [-0.15, -0.1) is 0 Å². The second kappa shape index (κ2) is 6.19. The molecule has 2 N–H and O–H groups in total. The number of carbonyl (C=O) groups is 3. The van der Waals surface area contributed by atoms with Gasteiger partial charge in [0.2, 0.25) is 0 Å². The van der Waals surface area contributed by atoms with Crippen LogP contribution in [-0.2, 0) is 19.1 Å². The van der Waals surface area contributed by atoms with Crippen LogP contribution >= 0.6 is 0 Å². The minimum absolute atomic E-state index is 0.00183. The number of ether oxygens (including phenoxy) is 2. The van der Waals surface area contributed by atoms with E-state index in [0.717, 1.165) is 5.69 Å². The van der Waals surface area contributed by atoms with E-state index in [0.29, 0.717) is 5.69 Å². The highest BCUT2D eigenvalue weighted by Crippen LogP contribution is 2.38. The highest BCUT2D eigenvalue weighted by molar-refractivity contribution is 6.07. The molecule has 0 unspecified atom stereocenters. The summed E-state index contributed by atoms with van der Waals surface area (Å²) in [4.78, 5) is 38.9. The van der Waals surface area contributed by atoms with E-state index >= 15 is 0 Å². The lowest BCUT2D eigenvalue weighted by molar-refractivity contribution is -0.145. The van der Waals surface area contributed by atoms with Gasteiger partial charge in [-0.05, 0) is 32.9 Å². The number of rotatable bonds is 1. The fraction of sp³-hybridized carbons (Fsp3) is 0.500. The molecule has 0 aliphatic carbocycles. The van der Waals surface area contributed by atoms with E-state index < -0.39 is 29.2 Å². The molecular formula is C18H23N3O5. The van der Waals surface area contributed by atoms with Gasteiger partial charge in [0.1, 0.15) is 17.2 Å². The van der Waals surface area contributed by atoms with Gasteiger partial charge >= 0.3 is 12.1 Å². The maximum Gasteiger partial charge on any atom is 0.411 e. The lowest BCUT2D eigenvalue weighted by atomic mass is 9.91. The number of para-hydroxylation sites is 2. The van der Waals surface area contributed by atoms with E-state index in [1.165, 1.54) is 12.0 Å². The van der Waals surface area contributed by atoms with E-state index in [-0.39, 0.29) is 18.9 Å². The molecule has 1 fully saturated rings. The molecule has 8 nitrogen and oxygen atoms in total. The average Bonchev–Trinajstić information content (AvgIpc) is 2.94. The summed E-state index contributed by atoms with van der Waals surface area (Å²) < 4.78 is 10.2. The number of nitrogens with one attached hydrogen (secondary N) is 2. The van der Waals surface area contributed by atoms with Crippen LogP contribution in [0.15, 0.2) is 24.3 Å². The first-order valence-corrected chi connectivity index (χ1v) is 8.41. The summed E-state index contributed by atoms with van der Waals surface area (Å²) in [6, 6.07) is 6.37. The zero-order valence-electron chi connectivity index (χ0n) is 15.3. The normalized spacial score (nSPS) is 24.5. The van der Waals surface area contributed by atoms with Crippen LogP contribution in [0.25, 0.3) is 0 Å². The quantitative estimate of drug-likeness (QED) is 0.743. The number of esters is 1. The predicted octanol–water partition coefficient (Wildman–Crippen LogP) is 1.97. The number of amides is 2. The van der Waals surface area contributed by atoms with Gasteiger partial charge in [0, 0.05) is 6.42 Å². The number of benzene rings is 1. The van der Waals surface area contributed by atoms with Crippen molar-refractivity contribution in [3.05, 3.63) is 24.3 Å². The Hall–Kier alpha value is -2.77. The maximum absolute atomic E-state index is 12.8. The standard InChI is InChI=1S/C18H23N3O5/c1-17(2,3)26-16(24)21-10-18(9-13(21)14(22)25-4)15(23)19-11-7-5-6-8-12(11)20-18/h5-8,13,20H,9-10H2,1-4H3,(H,19,23)/t13-,18+/m0/s1. The summed E-state index contributed by atoms with van der Waals surface area (Å²) in [5, 5.41) is 6.06. The Labute approximate surface area is 151 Å². The fourth-order valence-electron chi connectivity index (χ4n) is 3.28. The van der Waals surface area contributed by atoms with Crippen LogP contribution in [0.1, 0.15) is 27.2 Å². The van der Waals surface area contributed by atoms with E-state index in [9.17, 15) is 14.4 Å². The van der Waals surface area contributed by atoms with E-state index in [1.807, 2.05) is 18.2 Å². The molecule has 0 bridgehead atoms. The van der Waals surface area contributed by atoms with Crippen molar-refractivity contribution in [2.24, 2.45) is 0 Å². The third-order valence-electron chi connectivity index (χ3n) is 4.44. The molecular weight excluding hydrogens is 338 g/mol. The monoisotopic (exact) mass is 361 g/mol. The van der Waals surface area contributed by atoms with Gasteiger partial charge in [-0.2, -0.15) is 0 Å². The molecule has 0 saturated carbocycles. The van der Waals surface area contributed by atoms with Gasteiger partial charge in [-0.25, -0.2) is 9.59 Å². The van der Waals surface area contributed by atoms with Crippen LogP contribution in [0.5, 0.6) is 0 Å². The Morgan fingerprint density at radius 1 is 1.23 bits per heavy atom. The Morgan fingerprint density at radius 2 is 1.88 bits per heavy atom. The van der Waals surface area contributed by atoms with Crippen LogP contribution in [-0.4, -0.2) is 53.7 Å². The molecule has 2 aliphatic heterocycles. The molecule has 1 aromatic rings. The number of hydrogen-bond acceptors (Lipinski definition) is 6. The van der Waals surface area contributed by atoms with Gasteiger partial charge < -0.3 is 20.1 Å². The van der Waals surface area contributed by atoms with Crippen molar-refractivity contribution in [3.8, 4) is 0 Å². The van der Waals surface area contributed by atoms with Gasteiger partial charge in [0.05, 0.1) is 25.0 Å². The fourth-order valence-corrected chi connectivity index (χ4v) is 3.28. The smallest absolute Gasteiger partial charge is 0.411 e. The topological polar surface area (TPSA) is 97.0 Å². The van der Waals surface area contributed by atoms with Gasteiger partial charge in [-0.1, -0.05) is 12.1 Å². The van der Waals surface area contributed by atoms with Crippen LogP contribution in [0.3, 0.4) is 0 Å². The second-order valence-corrected chi connectivity index (χ2v) is 7.56. The summed E-state index contributed by atoms with van der Waals surface area (Å²) in [6.07, 6.45) is -0.558. The number of fused-ring (bicyclic) bond motifs is 1. The van der Waals surface area contributed by atoms with Crippen molar-refractivity contribution < 1.29 is 23.9 Å². The van der Waals surface area contributed by atoms with Crippen LogP contribution < -0.4 is 10.6 Å². The zero-order valence-corrected chi connectivity index (χ0v) is 15.3. The van der Waals surface area contributed by atoms with E-state index in [1.54, 1.807) is 26.8 Å². The molecule has 1 spiro atoms. The highest BCUT2D eigenvalue weighted by atomic mass is 16.6. The minimum atomic E-state index is -1.12. The number of nitrogens with zero attached hydrogens (tertiary/aromatic N) is 1. The summed E-state index contributed by atoms with van der Waals surface area (Å²) in [6.45, 7) is 5.23. The van der Waals surface area contributed by atoms with Crippen LogP contribution in [0, 0.1) is 0 Å². The van der Waals surface area contributed by atoms with Gasteiger partial charge in [0.15, 0.2) is 0 Å². The van der Waals surface area contributed by atoms with Crippen molar-refractivity contribution in [1.29, 1.82) is 0 Å². The first-order valence-electron chi connectivity index (χ1n) is 8.41. The van der Waals surface area contributed by atoms with Gasteiger partial charge in [-0.3, -0.25) is 9.69 Å². The maximum atomic E-state index is 12.8. The van der Waals surface area contributed by atoms with E-state index in [4.69, 9.17) is 9.47 Å². The molecule has 8 heteroatoms. The Balaban J connectivity index is 1.92. The largest absolute Gasteiger partial charge is 0.467 e. The highest BCUT2D eigenvalue weighted by Gasteiger charge is 2.56. The van der Waals surface area contributed by atoms with Gasteiger partial charge in [0.25, 0.3) is 5.91 Å². The molecule has 0 aromatic heterocycles. The number of anilines is 2. The lowest BCUT2D eigenvalue weighted by Gasteiger charge is -2.35. The minimum Gasteiger partial charge on any atom is -0.467 e. The zero-order chi connectivity index (χ0) is 19.1. The number of methoxy groups -OCH3 is 1. The molecule has 2 heterocycles. The Bertz CT molecular complexity index is 757. The molecule has 2 atom stereocenters. The first-order chi connectivity index (χ1) is 12.1. The Morgan fingerprint density at radius 3 is 2.50 bits per heavy atom. The summed E-state index contributed by atoms with van der Waals surface area (Å²) >= 11 is 0. The third kappa shape index (κ3) is 3.18. The van der Waals surface area contributed by atoms with Crippen molar-refractivity contribution >= 4 is 29.3 Å². The molecule has 140 valence electrons. The van der Waals surface area contributed by atoms with Crippen molar-refractivity contribution in [1.82, 2.24) is 4.90 Å². The van der Waals surface area contributed by atoms with Crippen LogP contribution in [0.4, 0.5) is 16.2 Å². The van der Waals surface area contributed by atoms with E-state index in [2.05, 4.69) is 10.6 Å².